The summed E-state index contributed by atoms with van der Waals surface area (Å²) in [5.41, 5.74) is 0.209. The predicted octanol–water partition coefficient (Wildman–Crippen LogP) is 2.26. The van der Waals surface area contributed by atoms with Gasteiger partial charge in [0.2, 0.25) is 0 Å². The predicted molar refractivity (Wildman–Crippen MR) is 76.8 cm³/mol. The van der Waals surface area contributed by atoms with E-state index in [2.05, 4.69) is 44.7 Å². The van der Waals surface area contributed by atoms with Crippen molar-refractivity contribution in [1.82, 2.24) is 9.80 Å². The van der Waals surface area contributed by atoms with Crippen molar-refractivity contribution in [3.8, 4) is 0 Å². The van der Waals surface area contributed by atoms with Crippen molar-refractivity contribution in [2.45, 2.75) is 46.1 Å². The summed E-state index contributed by atoms with van der Waals surface area (Å²) in [6, 6.07) is 0.692. The lowest BCUT2D eigenvalue weighted by molar-refractivity contribution is -0.109. The van der Waals surface area contributed by atoms with Gasteiger partial charge in [-0.3, -0.25) is 0 Å². The number of rotatable bonds is 5. The van der Waals surface area contributed by atoms with Crippen LogP contribution in [0.4, 0.5) is 0 Å². The van der Waals surface area contributed by atoms with Crippen LogP contribution in [0, 0.1) is 11.3 Å². The first-order valence-corrected chi connectivity index (χ1v) is 7.17. The molecule has 1 heterocycles. The zero-order valence-electron chi connectivity index (χ0n) is 12.8. The second kappa shape index (κ2) is 6.67. The third kappa shape index (κ3) is 4.69. The van der Waals surface area contributed by atoms with Gasteiger partial charge in [0.15, 0.2) is 0 Å². The van der Waals surface area contributed by atoms with Gasteiger partial charge in [0.1, 0.15) is 6.29 Å². The van der Waals surface area contributed by atoms with E-state index in [1.807, 2.05) is 0 Å². The van der Waals surface area contributed by atoms with Crippen molar-refractivity contribution in [3.63, 3.8) is 0 Å². The largest absolute Gasteiger partial charge is 0.306 e. The Hall–Kier alpha value is -0.410. The Bertz CT molecular complexity index is 252. The van der Waals surface area contributed by atoms with E-state index in [0.717, 1.165) is 12.8 Å². The minimum absolute atomic E-state index is 0.209. The topological polar surface area (TPSA) is 23.6 Å². The first-order chi connectivity index (χ1) is 8.34. The smallest absolute Gasteiger partial charge is 0.120 e. The molecule has 1 aliphatic heterocycles. The van der Waals surface area contributed by atoms with Crippen LogP contribution >= 0.6 is 0 Å². The van der Waals surface area contributed by atoms with Crippen molar-refractivity contribution < 1.29 is 4.79 Å². The van der Waals surface area contributed by atoms with Crippen molar-refractivity contribution in [1.29, 1.82) is 0 Å². The average molecular weight is 254 g/mol. The molecule has 0 aliphatic carbocycles. The molecule has 0 aromatic carbocycles. The molecular weight excluding hydrogens is 224 g/mol. The third-order valence-electron chi connectivity index (χ3n) is 4.43. The van der Waals surface area contributed by atoms with E-state index in [4.69, 9.17) is 0 Å². The SMILES string of the molecule is CN1CCC(N(C)CC(CC=O)C(C)(C)C)CC1. The van der Waals surface area contributed by atoms with E-state index in [1.165, 1.54) is 25.9 Å². The molecule has 18 heavy (non-hydrogen) atoms. The van der Waals surface area contributed by atoms with Crippen LogP contribution in [0.5, 0.6) is 0 Å². The van der Waals surface area contributed by atoms with Gasteiger partial charge in [0.05, 0.1) is 0 Å². The summed E-state index contributed by atoms with van der Waals surface area (Å²) in [5, 5.41) is 0. The van der Waals surface area contributed by atoms with Gasteiger partial charge in [0, 0.05) is 19.0 Å². The monoisotopic (exact) mass is 254 g/mol. The van der Waals surface area contributed by atoms with E-state index in [-0.39, 0.29) is 5.41 Å². The van der Waals surface area contributed by atoms with Crippen LogP contribution in [0.1, 0.15) is 40.0 Å². The lowest BCUT2D eigenvalue weighted by Crippen LogP contribution is -2.45. The van der Waals surface area contributed by atoms with Crippen LogP contribution in [0.15, 0.2) is 0 Å². The van der Waals surface area contributed by atoms with Crippen molar-refractivity contribution >= 4 is 6.29 Å². The molecule has 0 aromatic rings. The highest BCUT2D eigenvalue weighted by molar-refractivity contribution is 5.50. The maximum atomic E-state index is 10.8. The van der Waals surface area contributed by atoms with Crippen LogP contribution in [0.25, 0.3) is 0 Å². The molecule has 1 fully saturated rings. The summed E-state index contributed by atoms with van der Waals surface area (Å²) in [7, 11) is 4.42. The second-order valence-electron chi connectivity index (χ2n) is 6.94. The van der Waals surface area contributed by atoms with Gasteiger partial charge in [-0.25, -0.2) is 0 Å². The molecule has 0 aromatic heterocycles. The molecule has 1 saturated heterocycles. The molecule has 0 amide bonds. The normalized spacial score (nSPS) is 21.2. The van der Waals surface area contributed by atoms with E-state index in [1.54, 1.807) is 0 Å². The first kappa shape index (κ1) is 15.6. The molecule has 0 saturated carbocycles. The Labute approximate surface area is 113 Å². The average Bonchev–Trinajstić information content (AvgIpc) is 2.28. The Kier molecular flexibility index (Phi) is 5.80. The van der Waals surface area contributed by atoms with E-state index >= 15 is 0 Å². The Balaban J connectivity index is 2.50. The molecule has 0 bridgehead atoms. The van der Waals surface area contributed by atoms with E-state index in [0.29, 0.717) is 18.4 Å². The second-order valence-corrected chi connectivity index (χ2v) is 6.94. The van der Waals surface area contributed by atoms with Crippen LogP contribution in [0.2, 0.25) is 0 Å². The molecule has 1 atom stereocenters. The van der Waals surface area contributed by atoms with Gasteiger partial charge in [-0.15, -0.1) is 0 Å². The van der Waals surface area contributed by atoms with Crippen molar-refractivity contribution in [2.75, 3.05) is 33.7 Å². The maximum Gasteiger partial charge on any atom is 0.120 e. The Morgan fingerprint density at radius 2 is 1.89 bits per heavy atom. The minimum atomic E-state index is 0.209. The molecule has 106 valence electrons. The highest BCUT2D eigenvalue weighted by atomic mass is 16.1. The fraction of sp³-hybridized carbons (Fsp3) is 0.933. The summed E-state index contributed by atoms with van der Waals surface area (Å²) in [5.74, 6) is 0.458. The van der Waals surface area contributed by atoms with Gasteiger partial charge in [-0.1, -0.05) is 20.8 Å². The number of piperidine rings is 1. The highest BCUT2D eigenvalue weighted by Gasteiger charge is 2.28. The van der Waals surface area contributed by atoms with E-state index < -0.39 is 0 Å². The van der Waals surface area contributed by atoms with Crippen molar-refractivity contribution in [2.24, 2.45) is 11.3 Å². The fourth-order valence-electron chi connectivity index (χ4n) is 2.75. The summed E-state index contributed by atoms with van der Waals surface area (Å²) >= 11 is 0. The van der Waals surface area contributed by atoms with Gasteiger partial charge in [0.25, 0.3) is 0 Å². The van der Waals surface area contributed by atoms with Crippen LogP contribution in [-0.4, -0.2) is 55.9 Å². The summed E-state index contributed by atoms with van der Waals surface area (Å²) in [6.07, 6.45) is 4.27. The maximum absolute atomic E-state index is 10.8. The molecule has 3 nitrogen and oxygen atoms in total. The fourth-order valence-corrected chi connectivity index (χ4v) is 2.75. The molecule has 0 spiro atoms. The van der Waals surface area contributed by atoms with Crippen LogP contribution in [0.3, 0.4) is 0 Å². The lowest BCUT2D eigenvalue weighted by atomic mass is 9.78. The number of aldehydes is 1. The zero-order valence-corrected chi connectivity index (χ0v) is 12.8. The summed E-state index contributed by atoms with van der Waals surface area (Å²) < 4.78 is 0. The number of carbonyl (C=O) groups excluding carboxylic acids is 1. The van der Waals surface area contributed by atoms with Gasteiger partial charge in [-0.05, 0) is 51.4 Å². The number of hydrogen-bond donors (Lipinski definition) is 0. The third-order valence-corrected chi connectivity index (χ3v) is 4.43. The molecule has 1 aliphatic rings. The van der Waals surface area contributed by atoms with Gasteiger partial charge < -0.3 is 14.6 Å². The summed E-state index contributed by atoms with van der Waals surface area (Å²) in [4.78, 5) is 15.7. The number of hydrogen-bond acceptors (Lipinski definition) is 3. The summed E-state index contributed by atoms with van der Waals surface area (Å²) in [6.45, 7) is 10.2. The Morgan fingerprint density at radius 3 is 2.33 bits per heavy atom. The standard InChI is InChI=1S/C15H30N2O/c1-15(2,3)13(8-11-18)12-17(5)14-6-9-16(4)10-7-14/h11,13-14H,6-10,12H2,1-5H3. The molecular formula is C15H30N2O. The lowest BCUT2D eigenvalue weighted by Gasteiger charge is -2.39. The van der Waals surface area contributed by atoms with E-state index in [9.17, 15) is 4.79 Å². The first-order valence-electron chi connectivity index (χ1n) is 7.17. The van der Waals surface area contributed by atoms with Gasteiger partial charge >= 0.3 is 0 Å². The zero-order chi connectivity index (χ0) is 13.8. The molecule has 0 radical (unpaired) electrons. The minimum Gasteiger partial charge on any atom is -0.306 e. The number of nitrogens with zero attached hydrogens (tertiary/aromatic N) is 2. The highest BCUT2D eigenvalue weighted by Crippen LogP contribution is 2.29. The van der Waals surface area contributed by atoms with Gasteiger partial charge in [-0.2, -0.15) is 0 Å². The number of carbonyl (C=O) groups is 1. The quantitative estimate of drug-likeness (QED) is 0.703. The molecule has 0 N–H and O–H groups in total. The van der Waals surface area contributed by atoms with Crippen LogP contribution in [-0.2, 0) is 4.79 Å². The van der Waals surface area contributed by atoms with Crippen LogP contribution < -0.4 is 0 Å². The van der Waals surface area contributed by atoms with Crippen molar-refractivity contribution in [3.05, 3.63) is 0 Å². The molecule has 1 rings (SSSR count). The number of likely N-dealkylation sites (tertiary alicyclic amines) is 1. The molecule has 3 heteroatoms. The Morgan fingerprint density at radius 1 is 1.33 bits per heavy atom. The molecule has 1 unspecified atom stereocenters.